The van der Waals surface area contributed by atoms with Crippen molar-refractivity contribution in [2.24, 2.45) is 0 Å². The molecule has 0 aromatic carbocycles. The Bertz CT molecular complexity index is 903. The molecule has 8 nitrogen and oxygen atoms in total. The summed E-state index contributed by atoms with van der Waals surface area (Å²) in [7, 11) is 0. The third kappa shape index (κ3) is 2.59. The second-order valence-electron chi connectivity index (χ2n) is 6.26. The highest BCUT2D eigenvalue weighted by Crippen LogP contribution is 2.32. The number of amides is 1. The molecule has 0 aliphatic carbocycles. The zero-order valence-electron chi connectivity index (χ0n) is 13.9. The maximum atomic E-state index is 12.4. The summed E-state index contributed by atoms with van der Waals surface area (Å²) in [6, 6.07) is 6.85. The Kier molecular flexibility index (Phi) is 3.87. The van der Waals surface area contributed by atoms with Gasteiger partial charge in [0.05, 0.1) is 18.1 Å². The molecule has 8 heteroatoms. The van der Waals surface area contributed by atoms with E-state index in [2.05, 4.69) is 5.10 Å². The van der Waals surface area contributed by atoms with Gasteiger partial charge in [-0.3, -0.25) is 9.48 Å². The van der Waals surface area contributed by atoms with Gasteiger partial charge in [-0.15, -0.1) is 0 Å². The molecule has 0 spiro atoms. The fourth-order valence-electron chi connectivity index (χ4n) is 3.31. The van der Waals surface area contributed by atoms with E-state index in [9.17, 15) is 14.7 Å². The van der Waals surface area contributed by atoms with Gasteiger partial charge in [-0.05, 0) is 24.3 Å². The number of hydrogen-bond donors (Lipinski definition) is 1. The van der Waals surface area contributed by atoms with Gasteiger partial charge in [0.1, 0.15) is 12.0 Å². The van der Waals surface area contributed by atoms with Crippen LogP contribution < -0.4 is 0 Å². The molecular weight excluding hydrogens is 338 g/mol. The SMILES string of the molecule is O=C(c1ccoc1)N1CCC(C(=O)O)(n2ccc(-c3ccco3)n2)CC1. The highest BCUT2D eigenvalue weighted by Gasteiger charge is 2.45. The van der Waals surface area contributed by atoms with Crippen molar-refractivity contribution in [1.29, 1.82) is 0 Å². The first kappa shape index (κ1) is 16.2. The molecule has 0 radical (unpaired) electrons. The van der Waals surface area contributed by atoms with E-state index in [4.69, 9.17) is 8.83 Å². The van der Waals surface area contributed by atoms with Crippen LogP contribution in [0, 0.1) is 0 Å². The first-order chi connectivity index (χ1) is 12.6. The zero-order valence-corrected chi connectivity index (χ0v) is 13.9. The van der Waals surface area contributed by atoms with E-state index < -0.39 is 11.5 Å². The fourth-order valence-corrected chi connectivity index (χ4v) is 3.31. The van der Waals surface area contributed by atoms with E-state index in [-0.39, 0.29) is 18.7 Å². The van der Waals surface area contributed by atoms with Crippen LogP contribution in [0.2, 0.25) is 0 Å². The zero-order chi connectivity index (χ0) is 18.1. The number of carbonyl (C=O) groups excluding carboxylic acids is 1. The predicted molar refractivity (Wildman–Crippen MR) is 89.4 cm³/mol. The first-order valence-electron chi connectivity index (χ1n) is 8.25. The molecule has 134 valence electrons. The molecule has 3 aromatic heterocycles. The summed E-state index contributed by atoms with van der Waals surface area (Å²) >= 11 is 0. The van der Waals surface area contributed by atoms with Crippen LogP contribution in [0.1, 0.15) is 23.2 Å². The molecule has 0 bridgehead atoms. The summed E-state index contributed by atoms with van der Waals surface area (Å²) in [6.45, 7) is 0.651. The summed E-state index contributed by atoms with van der Waals surface area (Å²) in [5.74, 6) is -0.534. The Morgan fingerprint density at radius 1 is 1.15 bits per heavy atom. The molecule has 0 saturated carbocycles. The summed E-state index contributed by atoms with van der Waals surface area (Å²) in [5.41, 5.74) is -0.141. The van der Waals surface area contributed by atoms with Gasteiger partial charge in [0.15, 0.2) is 11.3 Å². The number of carboxylic acids is 1. The smallest absolute Gasteiger partial charge is 0.331 e. The molecule has 1 N–H and O–H groups in total. The lowest BCUT2D eigenvalue weighted by Gasteiger charge is -2.38. The monoisotopic (exact) mass is 355 g/mol. The van der Waals surface area contributed by atoms with Crippen molar-refractivity contribution in [2.45, 2.75) is 18.4 Å². The van der Waals surface area contributed by atoms with Crippen molar-refractivity contribution in [1.82, 2.24) is 14.7 Å². The lowest BCUT2D eigenvalue weighted by Crippen LogP contribution is -2.52. The van der Waals surface area contributed by atoms with E-state index in [1.54, 1.807) is 41.6 Å². The van der Waals surface area contributed by atoms with Crippen molar-refractivity contribution in [3.8, 4) is 11.5 Å². The summed E-state index contributed by atoms with van der Waals surface area (Å²) in [6.07, 6.45) is 6.57. The van der Waals surface area contributed by atoms with E-state index in [0.717, 1.165) is 0 Å². The first-order valence-corrected chi connectivity index (χ1v) is 8.25. The van der Waals surface area contributed by atoms with Gasteiger partial charge < -0.3 is 18.8 Å². The largest absolute Gasteiger partial charge is 0.479 e. The minimum absolute atomic E-state index is 0.158. The van der Waals surface area contributed by atoms with E-state index in [1.807, 2.05) is 0 Å². The highest BCUT2D eigenvalue weighted by molar-refractivity contribution is 5.94. The van der Waals surface area contributed by atoms with Crippen LogP contribution in [0.5, 0.6) is 0 Å². The lowest BCUT2D eigenvalue weighted by atomic mass is 9.87. The van der Waals surface area contributed by atoms with Gasteiger partial charge in [-0.1, -0.05) is 0 Å². The maximum Gasteiger partial charge on any atom is 0.331 e. The molecule has 26 heavy (non-hydrogen) atoms. The van der Waals surface area contributed by atoms with Gasteiger partial charge in [-0.2, -0.15) is 5.10 Å². The van der Waals surface area contributed by atoms with Crippen LogP contribution in [0.3, 0.4) is 0 Å². The number of carboxylic acid groups (broad SMARTS) is 1. The number of hydrogen-bond acceptors (Lipinski definition) is 5. The number of likely N-dealkylation sites (tertiary alicyclic amines) is 1. The van der Waals surface area contributed by atoms with Gasteiger partial charge in [0.2, 0.25) is 0 Å². The summed E-state index contributed by atoms with van der Waals surface area (Å²) < 4.78 is 11.7. The molecule has 1 aliphatic heterocycles. The molecule has 1 saturated heterocycles. The quantitative estimate of drug-likeness (QED) is 0.771. The number of aliphatic carboxylic acids is 1. The van der Waals surface area contributed by atoms with Crippen LogP contribution in [-0.4, -0.2) is 44.8 Å². The molecule has 1 fully saturated rings. The lowest BCUT2D eigenvalue weighted by molar-refractivity contribution is -0.150. The number of aromatic nitrogens is 2. The average molecular weight is 355 g/mol. The second-order valence-corrected chi connectivity index (χ2v) is 6.26. The topological polar surface area (TPSA) is 102 Å². The Morgan fingerprint density at radius 2 is 1.96 bits per heavy atom. The molecule has 1 amide bonds. The van der Waals surface area contributed by atoms with Crippen LogP contribution in [-0.2, 0) is 10.3 Å². The van der Waals surface area contributed by atoms with Crippen molar-refractivity contribution < 1.29 is 23.5 Å². The predicted octanol–water partition coefficient (Wildman–Crippen LogP) is 2.45. The van der Waals surface area contributed by atoms with Crippen LogP contribution >= 0.6 is 0 Å². The van der Waals surface area contributed by atoms with Crippen molar-refractivity contribution in [3.05, 3.63) is 54.8 Å². The second kappa shape index (κ2) is 6.21. The minimum Gasteiger partial charge on any atom is -0.479 e. The number of piperidine rings is 1. The number of carbonyl (C=O) groups is 2. The molecule has 4 rings (SSSR count). The van der Waals surface area contributed by atoms with Gasteiger partial charge >= 0.3 is 5.97 Å². The highest BCUT2D eigenvalue weighted by atomic mass is 16.4. The molecule has 0 atom stereocenters. The summed E-state index contributed by atoms with van der Waals surface area (Å²) in [4.78, 5) is 26.1. The van der Waals surface area contributed by atoms with E-state index in [1.165, 1.54) is 17.2 Å². The average Bonchev–Trinajstić information content (AvgIpc) is 3.43. The Hall–Kier alpha value is -3.29. The van der Waals surface area contributed by atoms with Crippen LogP contribution in [0.4, 0.5) is 0 Å². The molecule has 0 unspecified atom stereocenters. The summed E-state index contributed by atoms with van der Waals surface area (Å²) in [5, 5.41) is 14.3. The fraction of sp³-hybridized carbons (Fsp3) is 0.278. The van der Waals surface area contributed by atoms with Crippen molar-refractivity contribution in [2.75, 3.05) is 13.1 Å². The molecular formula is C18H17N3O5. The number of nitrogens with zero attached hydrogens (tertiary/aromatic N) is 3. The van der Waals surface area contributed by atoms with Gasteiger partial charge in [-0.25, -0.2) is 4.79 Å². The molecule has 4 heterocycles. The van der Waals surface area contributed by atoms with Crippen LogP contribution in [0.15, 0.2) is 58.1 Å². The van der Waals surface area contributed by atoms with Crippen molar-refractivity contribution in [3.63, 3.8) is 0 Å². The Balaban J connectivity index is 1.56. The number of rotatable bonds is 4. The van der Waals surface area contributed by atoms with Crippen LogP contribution in [0.25, 0.3) is 11.5 Å². The van der Waals surface area contributed by atoms with E-state index >= 15 is 0 Å². The normalized spacial score (nSPS) is 16.5. The maximum absolute atomic E-state index is 12.4. The van der Waals surface area contributed by atoms with E-state index in [0.29, 0.717) is 30.1 Å². The molecule has 1 aliphatic rings. The minimum atomic E-state index is -1.18. The third-order valence-electron chi connectivity index (χ3n) is 4.85. The Labute approximate surface area is 148 Å². The van der Waals surface area contributed by atoms with Gasteiger partial charge in [0, 0.05) is 32.1 Å². The Morgan fingerprint density at radius 3 is 2.58 bits per heavy atom. The van der Waals surface area contributed by atoms with Gasteiger partial charge in [0.25, 0.3) is 5.91 Å². The molecule has 3 aromatic rings. The number of furan rings is 2. The third-order valence-corrected chi connectivity index (χ3v) is 4.85. The van der Waals surface area contributed by atoms with Crippen molar-refractivity contribution >= 4 is 11.9 Å². The standard InChI is InChI=1S/C18H17N3O5/c22-16(13-4-11-25-12-13)20-8-5-18(6-9-20,17(23)24)21-7-3-14(19-21)15-2-1-10-26-15/h1-4,7,10-12H,5-6,8-9H2,(H,23,24).